The number of Topliss-reactive ketones (excluding diaryl/α,β-unsaturated/α-hetero) is 2. The van der Waals surface area contributed by atoms with Gasteiger partial charge in [-0.2, -0.15) is 0 Å². The van der Waals surface area contributed by atoms with Gasteiger partial charge in [-0.3, -0.25) is 9.59 Å². The number of rotatable bonds is 0. The zero-order chi connectivity index (χ0) is 12.9. The summed E-state index contributed by atoms with van der Waals surface area (Å²) < 4.78 is 0. The second-order valence-corrected chi connectivity index (χ2v) is 5.26. The molecule has 2 aliphatic carbocycles. The zero-order valence-electron chi connectivity index (χ0n) is 9.30. The fourth-order valence-corrected chi connectivity index (χ4v) is 2.74. The minimum absolute atomic E-state index is 0.109. The molecule has 0 saturated heterocycles. The molecule has 0 amide bonds. The van der Waals surface area contributed by atoms with Crippen LogP contribution in [0.3, 0.4) is 0 Å². The van der Waals surface area contributed by atoms with Crippen molar-refractivity contribution in [1.82, 2.24) is 0 Å². The molecule has 0 bridgehead atoms. The highest BCUT2D eigenvalue weighted by Gasteiger charge is 2.33. The lowest BCUT2D eigenvalue weighted by Crippen LogP contribution is -2.23. The van der Waals surface area contributed by atoms with Gasteiger partial charge in [0.05, 0.1) is 0 Å². The van der Waals surface area contributed by atoms with Crippen molar-refractivity contribution in [2.75, 3.05) is 0 Å². The number of carbonyl (C=O) groups is 2. The highest BCUT2D eigenvalue weighted by Crippen LogP contribution is 2.36. The second-order valence-electron chi connectivity index (χ2n) is 4.34. The van der Waals surface area contributed by atoms with E-state index in [1.165, 1.54) is 0 Å². The van der Waals surface area contributed by atoms with Gasteiger partial charge in [0.25, 0.3) is 0 Å². The van der Waals surface area contributed by atoms with Crippen LogP contribution in [0.1, 0.15) is 33.6 Å². The lowest BCUT2D eigenvalue weighted by molar-refractivity contribution is 0.0970. The molecule has 0 aromatic heterocycles. The molecule has 1 aromatic carbocycles. The van der Waals surface area contributed by atoms with Gasteiger partial charge >= 0.3 is 0 Å². The van der Waals surface area contributed by atoms with E-state index in [1.54, 1.807) is 24.3 Å². The predicted molar refractivity (Wildman–Crippen MR) is 70.3 cm³/mol. The monoisotopic (exact) mass is 278 g/mol. The predicted octanol–water partition coefficient (Wildman–Crippen LogP) is 3.93. The van der Waals surface area contributed by atoms with Gasteiger partial charge in [-0.05, 0) is 24.6 Å². The van der Waals surface area contributed by atoms with Crippen LogP contribution >= 0.6 is 23.2 Å². The summed E-state index contributed by atoms with van der Waals surface area (Å²) in [7, 11) is 0. The Hall–Kier alpha value is -1.38. The molecule has 0 N–H and O–H groups in total. The largest absolute Gasteiger partial charge is 0.289 e. The van der Waals surface area contributed by atoms with E-state index in [2.05, 4.69) is 0 Å². The molecule has 18 heavy (non-hydrogen) atoms. The third-order valence-corrected chi connectivity index (χ3v) is 3.78. The maximum Gasteiger partial charge on any atom is 0.190 e. The Bertz CT molecular complexity index is 654. The van der Waals surface area contributed by atoms with Crippen molar-refractivity contribution < 1.29 is 9.59 Å². The number of carbonyl (C=O) groups excluding carboxylic acids is 2. The number of hydrogen-bond acceptors (Lipinski definition) is 2. The van der Waals surface area contributed by atoms with Crippen molar-refractivity contribution in [1.29, 1.82) is 0 Å². The molecule has 0 saturated carbocycles. The van der Waals surface area contributed by atoms with Crippen molar-refractivity contribution in [3.63, 3.8) is 0 Å². The van der Waals surface area contributed by atoms with Gasteiger partial charge in [0.15, 0.2) is 11.6 Å². The third-order valence-electron chi connectivity index (χ3n) is 3.26. The number of fused-ring (bicyclic) bond motifs is 1. The van der Waals surface area contributed by atoms with Crippen LogP contribution in [0.15, 0.2) is 40.5 Å². The van der Waals surface area contributed by atoms with Crippen LogP contribution in [-0.4, -0.2) is 11.6 Å². The molecule has 0 spiro atoms. The summed E-state index contributed by atoms with van der Waals surface area (Å²) in [6.45, 7) is 0. The first-order chi connectivity index (χ1) is 8.58. The van der Waals surface area contributed by atoms with Gasteiger partial charge in [-0.25, -0.2) is 0 Å². The molecule has 0 fully saturated rings. The fraction of sp³-hybridized carbons (Fsp3) is 0.143. The van der Waals surface area contributed by atoms with Gasteiger partial charge in [-0.1, -0.05) is 29.3 Å². The Balaban J connectivity index is 2.18. The van der Waals surface area contributed by atoms with Crippen LogP contribution < -0.4 is 0 Å². The lowest BCUT2D eigenvalue weighted by Gasteiger charge is -2.23. The topological polar surface area (TPSA) is 34.1 Å². The summed E-state index contributed by atoms with van der Waals surface area (Å²) in [5, 5.41) is 1.08. The molecule has 1 aromatic rings. The Labute approximate surface area is 114 Å². The van der Waals surface area contributed by atoms with Crippen LogP contribution in [0, 0.1) is 0 Å². The van der Waals surface area contributed by atoms with Crippen molar-refractivity contribution in [2.24, 2.45) is 0 Å². The number of hydrogen-bond donors (Lipinski definition) is 0. The summed E-state index contributed by atoms with van der Waals surface area (Å²) in [6, 6.07) is 4.78. The molecule has 0 aliphatic heterocycles. The number of allylic oxidation sites excluding steroid dienone is 4. The lowest BCUT2D eigenvalue weighted by atomic mass is 9.79. The minimum Gasteiger partial charge on any atom is -0.289 e. The summed E-state index contributed by atoms with van der Waals surface area (Å²) >= 11 is 11.8. The van der Waals surface area contributed by atoms with Crippen LogP contribution in [-0.2, 0) is 0 Å². The molecule has 90 valence electrons. The van der Waals surface area contributed by atoms with E-state index < -0.39 is 0 Å². The Morgan fingerprint density at radius 2 is 1.67 bits per heavy atom. The smallest absolute Gasteiger partial charge is 0.190 e. The van der Waals surface area contributed by atoms with Crippen LogP contribution in [0.2, 0.25) is 5.02 Å². The molecule has 0 unspecified atom stereocenters. The molecule has 0 heterocycles. The van der Waals surface area contributed by atoms with Gasteiger partial charge < -0.3 is 0 Å². The van der Waals surface area contributed by atoms with Crippen LogP contribution in [0.5, 0.6) is 0 Å². The standard InChI is InChI=1S/C14H8Cl2O2/c15-7-1-3-9-11(5-7)14(18)10-4-2-8(16)6-12(10)13(9)17/h1-3,5H,4,6H2. The van der Waals surface area contributed by atoms with E-state index in [9.17, 15) is 9.59 Å². The summed E-state index contributed by atoms with van der Waals surface area (Å²) in [4.78, 5) is 24.6. The molecular formula is C14H8Cl2O2. The Morgan fingerprint density at radius 3 is 2.44 bits per heavy atom. The highest BCUT2D eigenvalue weighted by atomic mass is 35.5. The average Bonchev–Trinajstić information content (AvgIpc) is 2.36. The van der Waals surface area contributed by atoms with Crippen molar-refractivity contribution >= 4 is 34.8 Å². The number of ketones is 2. The minimum atomic E-state index is -0.109. The van der Waals surface area contributed by atoms with E-state index >= 15 is 0 Å². The van der Waals surface area contributed by atoms with Crippen LogP contribution in [0.25, 0.3) is 0 Å². The first-order valence-electron chi connectivity index (χ1n) is 5.53. The number of halogens is 2. The van der Waals surface area contributed by atoms with Gasteiger partial charge in [0, 0.05) is 38.7 Å². The number of benzene rings is 1. The summed E-state index contributed by atoms with van der Waals surface area (Å²) in [5.74, 6) is -0.218. The maximum atomic E-state index is 12.3. The zero-order valence-corrected chi connectivity index (χ0v) is 10.8. The third kappa shape index (κ3) is 1.64. The van der Waals surface area contributed by atoms with Crippen molar-refractivity contribution in [2.45, 2.75) is 12.8 Å². The van der Waals surface area contributed by atoms with Crippen molar-refractivity contribution in [3.05, 3.63) is 56.6 Å². The first kappa shape index (κ1) is 11.7. The molecule has 0 atom stereocenters. The molecule has 2 nitrogen and oxygen atoms in total. The fourth-order valence-electron chi connectivity index (χ4n) is 2.36. The van der Waals surface area contributed by atoms with E-state index in [-0.39, 0.29) is 11.6 Å². The summed E-state index contributed by atoms with van der Waals surface area (Å²) in [5.41, 5.74) is 1.91. The van der Waals surface area contributed by atoms with Crippen molar-refractivity contribution in [3.8, 4) is 0 Å². The van der Waals surface area contributed by atoms with Gasteiger partial charge in [-0.15, -0.1) is 0 Å². The Kier molecular flexibility index (Phi) is 2.65. The van der Waals surface area contributed by atoms with Crippen LogP contribution in [0.4, 0.5) is 0 Å². The van der Waals surface area contributed by atoms with E-state index in [0.717, 1.165) is 0 Å². The van der Waals surface area contributed by atoms with E-state index in [0.29, 0.717) is 45.2 Å². The molecule has 0 radical (unpaired) electrons. The van der Waals surface area contributed by atoms with E-state index in [4.69, 9.17) is 23.2 Å². The highest BCUT2D eigenvalue weighted by molar-refractivity contribution is 6.34. The first-order valence-corrected chi connectivity index (χ1v) is 6.29. The normalized spacial score (nSPS) is 18.4. The molecule has 3 rings (SSSR count). The van der Waals surface area contributed by atoms with Gasteiger partial charge in [0.2, 0.25) is 0 Å². The molecular weight excluding hydrogens is 271 g/mol. The molecule has 4 heteroatoms. The summed E-state index contributed by atoms with van der Waals surface area (Å²) in [6.07, 6.45) is 2.55. The quantitative estimate of drug-likeness (QED) is 0.721. The SMILES string of the molecule is O=C1C2=C(CC(Cl)=CC2)C(=O)c2ccc(Cl)cc21. The second kappa shape index (κ2) is 4.08. The van der Waals surface area contributed by atoms with E-state index in [1.807, 2.05) is 0 Å². The Morgan fingerprint density at radius 1 is 0.944 bits per heavy atom. The van der Waals surface area contributed by atoms with Gasteiger partial charge in [0.1, 0.15) is 0 Å². The average molecular weight is 279 g/mol. The maximum absolute atomic E-state index is 12.3. The molecule has 2 aliphatic rings.